The highest BCUT2D eigenvalue weighted by atomic mass is 16.2. The van der Waals surface area contributed by atoms with Crippen LogP contribution in [0.25, 0.3) is 0 Å². The van der Waals surface area contributed by atoms with Gasteiger partial charge >= 0.3 is 6.03 Å². The third-order valence-electron chi connectivity index (χ3n) is 7.67. The van der Waals surface area contributed by atoms with E-state index in [0.717, 1.165) is 31.6 Å². The Bertz CT molecular complexity index is 1200. The highest BCUT2D eigenvalue weighted by Crippen LogP contribution is 2.39. The lowest BCUT2D eigenvalue weighted by Gasteiger charge is -2.44. The van der Waals surface area contributed by atoms with Crippen LogP contribution in [0.2, 0.25) is 0 Å². The first-order valence-corrected chi connectivity index (χ1v) is 13.4. The average Bonchev–Trinajstić information content (AvgIpc) is 3.52. The molecule has 12 heteroatoms. The molecule has 12 nitrogen and oxygen atoms in total. The van der Waals surface area contributed by atoms with Gasteiger partial charge in [-0.05, 0) is 52.5 Å². The molecule has 0 unspecified atom stereocenters. The van der Waals surface area contributed by atoms with Gasteiger partial charge in [0.2, 0.25) is 17.8 Å². The Morgan fingerprint density at radius 3 is 2.55 bits per heavy atom. The fourth-order valence-corrected chi connectivity index (χ4v) is 5.75. The zero-order valence-corrected chi connectivity index (χ0v) is 22.9. The molecule has 0 bridgehead atoms. The third kappa shape index (κ3) is 5.22. The summed E-state index contributed by atoms with van der Waals surface area (Å²) in [7, 11) is 1.82. The Morgan fingerprint density at radius 1 is 1.18 bits per heavy atom. The molecule has 2 saturated heterocycles. The molecule has 0 aromatic carbocycles. The molecule has 0 radical (unpaired) electrons. The quantitative estimate of drug-likeness (QED) is 0.525. The van der Waals surface area contributed by atoms with E-state index >= 15 is 0 Å². The molecule has 1 saturated carbocycles. The predicted molar refractivity (Wildman–Crippen MR) is 143 cm³/mol. The van der Waals surface area contributed by atoms with Crippen molar-refractivity contribution in [2.24, 2.45) is 5.92 Å². The standard InChI is InChI=1S/C26H38N10O2/c1-7-23(37)35-16(2)10-33(11-17(35)3)15-34-12-21(27-14-34)18(4)28-24-29-19(5)30-25(31-24)36-22(20-8-9-20)13-32(6)26(36)38/h7,12,14,16-18,20,22H,1,8-11,13,15H2,2-6H3,(H,28,29,30,31)/t16-,17+,18-,22+/m0/s1. The summed E-state index contributed by atoms with van der Waals surface area (Å²) in [5.41, 5.74) is 0.860. The molecule has 38 heavy (non-hydrogen) atoms. The van der Waals surface area contributed by atoms with Crippen LogP contribution in [0.3, 0.4) is 0 Å². The maximum absolute atomic E-state index is 12.9. The van der Waals surface area contributed by atoms with E-state index in [1.807, 2.05) is 38.3 Å². The van der Waals surface area contributed by atoms with Crippen LogP contribution in [0.5, 0.6) is 0 Å². The number of anilines is 2. The number of imidazole rings is 1. The number of urea groups is 1. The molecule has 4 heterocycles. The van der Waals surface area contributed by atoms with E-state index in [1.54, 1.807) is 9.80 Å². The summed E-state index contributed by atoms with van der Waals surface area (Å²) in [4.78, 5) is 51.0. The lowest BCUT2D eigenvalue weighted by molar-refractivity contribution is -0.134. The molecule has 3 aliphatic rings. The topological polar surface area (TPSA) is 116 Å². The first-order valence-electron chi connectivity index (χ1n) is 13.4. The van der Waals surface area contributed by atoms with Gasteiger partial charge in [0.1, 0.15) is 5.82 Å². The highest BCUT2D eigenvalue weighted by Gasteiger charge is 2.46. The maximum Gasteiger partial charge on any atom is 0.327 e. The molecule has 1 N–H and O–H groups in total. The van der Waals surface area contributed by atoms with Crippen LogP contribution in [-0.4, -0.2) is 95.9 Å². The lowest BCUT2D eigenvalue weighted by Crippen LogP contribution is -2.58. The summed E-state index contributed by atoms with van der Waals surface area (Å²) < 4.78 is 2.06. The Hall–Kier alpha value is -3.54. The molecular formula is C26H38N10O2. The monoisotopic (exact) mass is 522 g/mol. The van der Waals surface area contributed by atoms with E-state index in [4.69, 9.17) is 0 Å². The second kappa shape index (κ2) is 10.3. The minimum absolute atomic E-state index is 0.0182. The average molecular weight is 523 g/mol. The molecule has 3 fully saturated rings. The number of piperazine rings is 1. The van der Waals surface area contributed by atoms with Gasteiger partial charge in [-0.1, -0.05) is 6.58 Å². The number of carbonyl (C=O) groups is 2. The lowest BCUT2D eigenvalue weighted by atomic mass is 10.1. The van der Waals surface area contributed by atoms with E-state index in [2.05, 4.69) is 55.1 Å². The molecule has 4 atom stereocenters. The number of amides is 3. The maximum atomic E-state index is 12.9. The van der Waals surface area contributed by atoms with Gasteiger partial charge in [-0.25, -0.2) is 9.78 Å². The summed E-state index contributed by atoms with van der Waals surface area (Å²) in [6, 6.07) is 0.106. The number of nitrogens with one attached hydrogen (secondary N) is 1. The van der Waals surface area contributed by atoms with Crippen LogP contribution >= 0.6 is 0 Å². The molecule has 3 amide bonds. The van der Waals surface area contributed by atoms with Crippen molar-refractivity contribution < 1.29 is 9.59 Å². The van der Waals surface area contributed by atoms with E-state index in [9.17, 15) is 9.59 Å². The summed E-state index contributed by atoms with van der Waals surface area (Å²) in [5.74, 6) is 1.88. The number of likely N-dealkylation sites (N-methyl/N-ethyl adjacent to an activating group) is 1. The Balaban J connectivity index is 1.24. The van der Waals surface area contributed by atoms with Crippen LogP contribution in [0, 0.1) is 12.8 Å². The van der Waals surface area contributed by atoms with Crippen LogP contribution < -0.4 is 10.2 Å². The second-order valence-corrected chi connectivity index (χ2v) is 10.9. The van der Waals surface area contributed by atoms with Crippen LogP contribution in [0.15, 0.2) is 25.2 Å². The fourth-order valence-electron chi connectivity index (χ4n) is 5.75. The highest BCUT2D eigenvalue weighted by molar-refractivity contribution is 5.93. The van der Waals surface area contributed by atoms with E-state index in [0.29, 0.717) is 36.9 Å². The molecule has 0 spiro atoms. The number of aromatic nitrogens is 5. The fraction of sp³-hybridized carbons (Fsp3) is 0.615. The smallest absolute Gasteiger partial charge is 0.327 e. The van der Waals surface area contributed by atoms with Crippen molar-refractivity contribution in [3.05, 3.63) is 36.7 Å². The zero-order chi connectivity index (χ0) is 27.1. The number of hydrogen-bond donors (Lipinski definition) is 1. The largest absolute Gasteiger partial charge is 0.346 e. The van der Waals surface area contributed by atoms with Gasteiger partial charge in [0.15, 0.2) is 0 Å². The first-order chi connectivity index (χ1) is 18.1. The van der Waals surface area contributed by atoms with Gasteiger partial charge in [0.25, 0.3) is 0 Å². The van der Waals surface area contributed by atoms with Gasteiger partial charge in [0, 0.05) is 45.0 Å². The van der Waals surface area contributed by atoms with E-state index < -0.39 is 0 Å². The van der Waals surface area contributed by atoms with Gasteiger partial charge in [-0.3, -0.25) is 14.6 Å². The third-order valence-corrected chi connectivity index (χ3v) is 7.67. The van der Waals surface area contributed by atoms with Crippen molar-refractivity contribution in [3.8, 4) is 0 Å². The Labute approximate surface area is 223 Å². The molecule has 204 valence electrons. The summed E-state index contributed by atoms with van der Waals surface area (Å²) >= 11 is 0. The van der Waals surface area contributed by atoms with E-state index in [1.165, 1.54) is 6.08 Å². The normalized spacial score (nSPS) is 25.1. The molecular weight excluding hydrogens is 484 g/mol. The van der Waals surface area contributed by atoms with Crippen molar-refractivity contribution >= 4 is 23.8 Å². The summed E-state index contributed by atoms with van der Waals surface area (Å²) in [5, 5.41) is 3.35. The van der Waals surface area contributed by atoms with Crippen LogP contribution in [0.4, 0.5) is 16.7 Å². The summed E-state index contributed by atoms with van der Waals surface area (Å²) in [6.45, 7) is 14.6. The van der Waals surface area contributed by atoms with Gasteiger partial charge < -0.3 is 19.7 Å². The van der Waals surface area contributed by atoms with Gasteiger partial charge in [-0.15, -0.1) is 0 Å². The number of hydrogen-bond acceptors (Lipinski definition) is 8. The predicted octanol–water partition coefficient (Wildman–Crippen LogP) is 2.26. The summed E-state index contributed by atoms with van der Waals surface area (Å²) in [6.07, 6.45) is 7.51. The van der Waals surface area contributed by atoms with E-state index in [-0.39, 0.29) is 36.1 Å². The van der Waals surface area contributed by atoms with Gasteiger partial charge in [0.05, 0.1) is 30.8 Å². The molecule has 1 aliphatic carbocycles. The van der Waals surface area contributed by atoms with Gasteiger partial charge in [-0.2, -0.15) is 15.0 Å². The van der Waals surface area contributed by atoms with Crippen molar-refractivity contribution in [2.45, 2.75) is 71.4 Å². The van der Waals surface area contributed by atoms with Crippen LogP contribution in [-0.2, 0) is 11.5 Å². The molecule has 2 aliphatic heterocycles. The van der Waals surface area contributed by atoms with Crippen molar-refractivity contribution in [3.63, 3.8) is 0 Å². The number of aryl methyl sites for hydroxylation is 1. The minimum atomic E-state index is -0.151. The molecule has 5 rings (SSSR count). The molecule has 2 aromatic rings. The number of rotatable bonds is 8. The van der Waals surface area contributed by atoms with Crippen molar-refractivity contribution in [1.29, 1.82) is 0 Å². The second-order valence-electron chi connectivity index (χ2n) is 10.9. The van der Waals surface area contributed by atoms with Crippen molar-refractivity contribution in [2.75, 3.05) is 36.9 Å². The minimum Gasteiger partial charge on any atom is -0.346 e. The number of nitrogens with zero attached hydrogens (tertiary/aromatic N) is 9. The zero-order valence-electron chi connectivity index (χ0n) is 22.9. The van der Waals surface area contributed by atoms with Crippen molar-refractivity contribution in [1.82, 2.24) is 39.2 Å². The molecule has 2 aromatic heterocycles. The Morgan fingerprint density at radius 2 is 1.89 bits per heavy atom. The number of carbonyl (C=O) groups excluding carboxylic acids is 2. The first kappa shape index (κ1) is 26.1. The Kier molecular flexibility index (Phi) is 7.08. The van der Waals surface area contributed by atoms with Crippen LogP contribution in [0.1, 0.15) is 51.2 Å². The SMILES string of the molecule is C=CC(=O)N1[C@H](C)CN(Cn2cnc([C@H](C)Nc3nc(C)nc(N4C(=O)N(C)C[C@@H]4C4CC4)n3)c2)C[C@@H]1C.